The number of nitrogens with one attached hydrogen (secondary N) is 2. The van der Waals surface area contributed by atoms with Gasteiger partial charge in [-0.15, -0.1) is 0 Å². The summed E-state index contributed by atoms with van der Waals surface area (Å²) < 4.78 is 37.8. The van der Waals surface area contributed by atoms with E-state index in [0.29, 0.717) is 23.2 Å². The fourth-order valence-electron chi connectivity index (χ4n) is 2.43. The van der Waals surface area contributed by atoms with Crippen molar-refractivity contribution in [3.8, 4) is 0 Å². The molecular formula is C16H12F3N3O2. The molecular weight excluding hydrogens is 323 g/mol. The minimum Gasteiger partial charge on any atom is -0.291 e. The van der Waals surface area contributed by atoms with Crippen LogP contribution in [0.1, 0.15) is 22.4 Å². The molecule has 0 aliphatic carbocycles. The van der Waals surface area contributed by atoms with Crippen LogP contribution in [0, 0.1) is 6.92 Å². The molecule has 5 nitrogen and oxygen atoms in total. The molecule has 0 bridgehead atoms. The van der Waals surface area contributed by atoms with Crippen molar-refractivity contribution >= 4 is 11.0 Å². The lowest BCUT2D eigenvalue weighted by atomic mass is 10.0. The van der Waals surface area contributed by atoms with Crippen molar-refractivity contribution in [2.24, 2.45) is 0 Å². The van der Waals surface area contributed by atoms with Crippen molar-refractivity contribution in [2.75, 3.05) is 0 Å². The maximum Gasteiger partial charge on any atom is 0.416 e. The molecule has 0 aliphatic rings. The molecule has 0 unspecified atom stereocenters. The topological polar surface area (TPSA) is 78.6 Å². The summed E-state index contributed by atoms with van der Waals surface area (Å²) in [6, 6.07) is 6.41. The third-order valence-corrected chi connectivity index (χ3v) is 3.70. The maximum atomic E-state index is 12.6. The molecule has 0 amide bonds. The van der Waals surface area contributed by atoms with Gasteiger partial charge >= 0.3 is 11.9 Å². The van der Waals surface area contributed by atoms with Gasteiger partial charge in [-0.1, -0.05) is 12.1 Å². The second-order valence-corrected chi connectivity index (χ2v) is 5.41. The van der Waals surface area contributed by atoms with Gasteiger partial charge in [0.2, 0.25) is 0 Å². The van der Waals surface area contributed by atoms with Gasteiger partial charge in [0.25, 0.3) is 5.56 Å². The summed E-state index contributed by atoms with van der Waals surface area (Å²) in [4.78, 5) is 31.8. The van der Waals surface area contributed by atoms with Gasteiger partial charge in [-0.3, -0.25) is 14.8 Å². The average molecular weight is 335 g/mol. The van der Waals surface area contributed by atoms with Gasteiger partial charge < -0.3 is 0 Å². The van der Waals surface area contributed by atoms with E-state index in [9.17, 15) is 22.8 Å². The Morgan fingerprint density at radius 2 is 1.75 bits per heavy atom. The fourth-order valence-corrected chi connectivity index (χ4v) is 2.43. The van der Waals surface area contributed by atoms with E-state index < -0.39 is 23.0 Å². The molecule has 24 heavy (non-hydrogen) atoms. The predicted molar refractivity (Wildman–Crippen MR) is 82.0 cm³/mol. The number of hydrogen-bond acceptors (Lipinski definition) is 3. The fraction of sp³-hybridized carbons (Fsp3) is 0.188. The smallest absolute Gasteiger partial charge is 0.291 e. The number of nitrogens with zero attached hydrogens (tertiary/aromatic N) is 1. The lowest BCUT2D eigenvalue weighted by Gasteiger charge is -2.09. The van der Waals surface area contributed by atoms with Crippen LogP contribution in [0.2, 0.25) is 0 Å². The molecule has 8 heteroatoms. The van der Waals surface area contributed by atoms with Crippen LogP contribution in [0.25, 0.3) is 11.0 Å². The average Bonchev–Trinajstić information content (AvgIpc) is 2.48. The number of halogens is 3. The molecule has 0 aliphatic heterocycles. The van der Waals surface area contributed by atoms with Crippen LogP contribution in [0.5, 0.6) is 0 Å². The quantitative estimate of drug-likeness (QED) is 0.755. The highest BCUT2D eigenvalue weighted by atomic mass is 19.4. The summed E-state index contributed by atoms with van der Waals surface area (Å²) in [6.45, 7) is 1.71. The lowest BCUT2D eigenvalue weighted by molar-refractivity contribution is -0.137. The summed E-state index contributed by atoms with van der Waals surface area (Å²) >= 11 is 0. The van der Waals surface area contributed by atoms with E-state index in [1.165, 1.54) is 12.1 Å². The Bertz CT molecular complexity index is 1020. The second-order valence-electron chi connectivity index (χ2n) is 5.41. The van der Waals surface area contributed by atoms with Crippen molar-refractivity contribution < 1.29 is 13.2 Å². The lowest BCUT2D eigenvalue weighted by Crippen LogP contribution is -2.22. The van der Waals surface area contributed by atoms with Gasteiger partial charge in [0.15, 0.2) is 0 Å². The molecule has 0 atom stereocenters. The Balaban J connectivity index is 1.99. The predicted octanol–water partition coefficient (Wildman–Crippen LogP) is 2.53. The first-order chi connectivity index (χ1) is 11.2. The standard InChI is InChI=1S/C16H12F3N3O2/c1-8-10(6-9-2-4-11(5-3-9)16(17,18)19)7-12-13(20-8)21-15(24)22-14(12)23/h2-5,7H,6H2,1H3,(H2,20,21,22,23,24). The third kappa shape index (κ3) is 3.08. The molecule has 0 saturated heterocycles. The van der Waals surface area contributed by atoms with E-state index in [4.69, 9.17) is 0 Å². The van der Waals surface area contributed by atoms with Crippen LogP contribution in [0.4, 0.5) is 13.2 Å². The largest absolute Gasteiger partial charge is 0.416 e. The molecule has 2 N–H and O–H groups in total. The Hall–Kier alpha value is -2.90. The monoisotopic (exact) mass is 335 g/mol. The molecule has 0 radical (unpaired) electrons. The molecule has 2 heterocycles. The number of aromatic amines is 2. The number of hydrogen-bond donors (Lipinski definition) is 2. The van der Waals surface area contributed by atoms with Crippen LogP contribution in [-0.4, -0.2) is 15.0 Å². The number of benzene rings is 1. The zero-order valence-electron chi connectivity index (χ0n) is 12.5. The number of aromatic nitrogens is 3. The van der Waals surface area contributed by atoms with Gasteiger partial charge in [-0.2, -0.15) is 13.2 Å². The number of fused-ring (bicyclic) bond motifs is 1. The van der Waals surface area contributed by atoms with Gasteiger partial charge in [-0.25, -0.2) is 9.78 Å². The highest BCUT2D eigenvalue weighted by molar-refractivity contribution is 5.74. The van der Waals surface area contributed by atoms with E-state index in [0.717, 1.165) is 12.1 Å². The molecule has 3 aromatic rings. The first-order valence-corrected chi connectivity index (χ1v) is 7.03. The van der Waals surface area contributed by atoms with Crippen LogP contribution in [-0.2, 0) is 12.6 Å². The summed E-state index contributed by atoms with van der Waals surface area (Å²) in [6.07, 6.45) is -4.05. The van der Waals surface area contributed by atoms with Gasteiger partial charge in [0.1, 0.15) is 5.65 Å². The second kappa shape index (κ2) is 5.63. The third-order valence-electron chi connectivity index (χ3n) is 3.70. The number of aryl methyl sites for hydroxylation is 1. The summed E-state index contributed by atoms with van der Waals surface area (Å²) in [7, 11) is 0. The van der Waals surface area contributed by atoms with E-state index in [-0.39, 0.29) is 11.0 Å². The maximum absolute atomic E-state index is 12.6. The summed E-state index contributed by atoms with van der Waals surface area (Å²) in [5.41, 5.74) is 0.201. The van der Waals surface area contributed by atoms with Crippen LogP contribution in [0.15, 0.2) is 39.9 Å². The van der Waals surface area contributed by atoms with Gasteiger partial charge in [0, 0.05) is 5.69 Å². The Morgan fingerprint density at radius 1 is 1.08 bits per heavy atom. The molecule has 0 fully saturated rings. The highest BCUT2D eigenvalue weighted by Gasteiger charge is 2.29. The minimum absolute atomic E-state index is 0.178. The van der Waals surface area contributed by atoms with Crippen LogP contribution >= 0.6 is 0 Å². The van der Waals surface area contributed by atoms with E-state index >= 15 is 0 Å². The zero-order valence-corrected chi connectivity index (χ0v) is 12.5. The molecule has 124 valence electrons. The first kappa shape index (κ1) is 16.0. The van der Waals surface area contributed by atoms with Crippen molar-refractivity contribution in [3.05, 3.63) is 73.6 Å². The molecule has 3 rings (SSSR count). The van der Waals surface area contributed by atoms with Crippen molar-refractivity contribution in [1.29, 1.82) is 0 Å². The van der Waals surface area contributed by atoms with Gasteiger partial charge in [0.05, 0.1) is 10.9 Å². The Labute approximate surface area is 133 Å². The molecule has 2 aromatic heterocycles. The summed E-state index contributed by atoms with van der Waals surface area (Å²) in [5.74, 6) is 0. The zero-order chi connectivity index (χ0) is 17.5. The highest BCUT2D eigenvalue weighted by Crippen LogP contribution is 2.29. The van der Waals surface area contributed by atoms with Crippen molar-refractivity contribution in [2.45, 2.75) is 19.5 Å². The van der Waals surface area contributed by atoms with E-state index in [1.54, 1.807) is 13.0 Å². The first-order valence-electron chi connectivity index (χ1n) is 7.03. The van der Waals surface area contributed by atoms with Gasteiger partial charge in [-0.05, 0) is 42.7 Å². The van der Waals surface area contributed by atoms with Crippen LogP contribution in [0.3, 0.4) is 0 Å². The molecule has 1 aromatic carbocycles. The number of H-pyrrole nitrogens is 2. The normalized spacial score (nSPS) is 11.8. The summed E-state index contributed by atoms with van der Waals surface area (Å²) in [5, 5.41) is 0.224. The van der Waals surface area contributed by atoms with E-state index in [1.807, 2.05) is 0 Å². The number of pyridine rings is 1. The van der Waals surface area contributed by atoms with E-state index in [2.05, 4.69) is 15.0 Å². The number of alkyl halides is 3. The van der Waals surface area contributed by atoms with Crippen LogP contribution < -0.4 is 11.2 Å². The Morgan fingerprint density at radius 3 is 2.38 bits per heavy atom. The molecule has 0 spiro atoms. The molecule has 0 saturated carbocycles. The Kier molecular flexibility index (Phi) is 3.75. The van der Waals surface area contributed by atoms with Crippen molar-refractivity contribution in [3.63, 3.8) is 0 Å². The minimum atomic E-state index is -4.38. The SMILES string of the molecule is Cc1nc2[nH]c(=O)[nH]c(=O)c2cc1Cc1ccc(C(F)(F)F)cc1. The number of rotatable bonds is 2. The van der Waals surface area contributed by atoms with Crippen molar-refractivity contribution in [1.82, 2.24) is 15.0 Å².